The maximum atomic E-state index is 13.1. The normalized spacial score (nSPS) is 17.5. The number of halogens is 1. The molecular formula is C23H24ClN3O2. The summed E-state index contributed by atoms with van der Waals surface area (Å²) in [6.45, 7) is 4.97. The van der Waals surface area contributed by atoms with Gasteiger partial charge in [-0.15, -0.1) is 0 Å². The molecule has 4 rings (SSSR count). The van der Waals surface area contributed by atoms with Gasteiger partial charge in [-0.2, -0.15) is 0 Å². The minimum absolute atomic E-state index is 0.149. The Kier molecular flexibility index (Phi) is 5.69. The molecule has 0 amide bonds. The zero-order valence-corrected chi connectivity index (χ0v) is 17.1. The van der Waals surface area contributed by atoms with Gasteiger partial charge < -0.3 is 5.11 Å². The molecule has 1 fully saturated rings. The zero-order valence-electron chi connectivity index (χ0n) is 16.4. The first-order valence-electron chi connectivity index (χ1n) is 9.97. The summed E-state index contributed by atoms with van der Waals surface area (Å²) in [7, 11) is 0. The van der Waals surface area contributed by atoms with Crippen LogP contribution >= 0.6 is 11.6 Å². The number of pyridine rings is 1. The first kappa shape index (κ1) is 19.7. The van der Waals surface area contributed by atoms with Gasteiger partial charge in [0.15, 0.2) is 0 Å². The molecule has 29 heavy (non-hydrogen) atoms. The summed E-state index contributed by atoms with van der Waals surface area (Å²) in [5.74, 6) is -0.149. The molecule has 1 saturated heterocycles. The van der Waals surface area contributed by atoms with Crippen LogP contribution in [0.4, 0.5) is 0 Å². The number of likely N-dealkylation sites (N-methyl/N-ethyl adjacent to an activating group) is 1. The summed E-state index contributed by atoms with van der Waals surface area (Å²) in [6.07, 6.45) is 4.02. The van der Waals surface area contributed by atoms with E-state index in [0.717, 1.165) is 19.5 Å². The van der Waals surface area contributed by atoms with Crippen LogP contribution in [0.15, 0.2) is 58.3 Å². The van der Waals surface area contributed by atoms with Gasteiger partial charge in [0.05, 0.1) is 22.8 Å². The highest BCUT2D eigenvalue weighted by molar-refractivity contribution is 6.32. The van der Waals surface area contributed by atoms with E-state index in [1.165, 1.54) is 11.0 Å². The van der Waals surface area contributed by atoms with Crippen LogP contribution < -0.4 is 5.56 Å². The quantitative estimate of drug-likeness (QED) is 0.641. The molecule has 0 bridgehead atoms. The molecule has 1 N–H and O–H groups in total. The van der Waals surface area contributed by atoms with Crippen LogP contribution in [0.1, 0.15) is 25.3 Å². The number of aromatic hydroxyl groups is 1. The van der Waals surface area contributed by atoms with Crippen molar-refractivity contribution in [3.05, 3.63) is 69.5 Å². The number of fused-ring (bicyclic) bond motifs is 1. The van der Waals surface area contributed by atoms with E-state index in [1.807, 2.05) is 18.2 Å². The van der Waals surface area contributed by atoms with Gasteiger partial charge in [0.25, 0.3) is 5.56 Å². The van der Waals surface area contributed by atoms with Crippen molar-refractivity contribution in [2.45, 2.75) is 25.8 Å². The molecule has 1 unspecified atom stereocenters. The zero-order chi connectivity index (χ0) is 20.4. The number of hydrogen-bond acceptors (Lipinski definition) is 4. The van der Waals surface area contributed by atoms with Crippen LogP contribution in [0.3, 0.4) is 0 Å². The molecule has 0 aliphatic carbocycles. The van der Waals surface area contributed by atoms with E-state index in [-0.39, 0.29) is 11.4 Å². The summed E-state index contributed by atoms with van der Waals surface area (Å²) in [5.41, 5.74) is 0.669. The first-order valence-corrected chi connectivity index (χ1v) is 10.3. The molecule has 2 aromatic carbocycles. The maximum absolute atomic E-state index is 13.1. The number of hydrogen-bond donors (Lipinski definition) is 1. The van der Waals surface area contributed by atoms with E-state index in [2.05, 4.69) is 16.8 Å². The summed E-state index contributed by atoms with van der Waals surface area (Å²) in [4.78, 5) is 20.2. The predicted molar refractivity (Wildman–Crippen MR) is 119 cm³/mol. The van der Waals surface area contributed by atoms with E-state index in [4.69, 9.17) is 11.6 Å². The third-order valence-corrected chi connectivity index (χ3v) is 5.96. The van der Waals surface area contributed by atoms with Crippen molar-refractivity contribution in [2.75, 3.05) is 19.6 Å². The van der Waals surface area contributed by atoms with E-state index in [1.54, 1.807) is 36.5 Å². The van der Waals surface area contributed by atoms with Crippen molar-refractivity contribution in [3.8, 4) is 11.6 Å². The summed E-state index contributed by atoms with van der Waals surface area (Å²) in [5, 5.41) is 12.6. The average Bonchev–Trinajstić information content (AvgIpc) is 3.19. The topological polar surface area (TPSA) is 57.8 Å². The number of aromatic nitrogens is 1. The van der Waals surface area contributed by atoms with Crippen LogP contribution in [-0.2, 0) is 0 Å². The Bertz CT molecular complexity index is 1120. The number of benzene rings is 2. The van der Waals surface area contributed by atoms with Crippen molar-refractivity contribution in [3.63, 3.8) is 0 Å². The van der Waals surface area contributed by atoms with Gasteiger partial charge in [-0.1, -0.05) is 48.9 Å². The summed E-state index contributed by atoms with van der Waals surface area (Å²) in [6, 6.07) is 14.7. The Morgan fingerprint density at radius 1 is 1.17 bits per heavy atom. The number of aliphatic imine (C=N–C) groups is 1. The molecule has 0 radical (unpaired) electrons. The standard InChI is InChI=1S/C23H24ClN3O2/c1-2-26-13-7-8-16(26)14-25-15-19-17-9-3-4-10-18(17)22(28)27(23(19)29)21-12-6-5-11-20(21)24/h3-6,9-12,15-16,29H,2,7-8,13-14H2,1H3. The molecule has 150 valence electrons. The second kappa shape index (κ2) is 8.39. The molecule has 1 aliphatic rings. The second-order valence-corrected chi connectivity index (χ2v) is 7.70. The molecule has 1 aliphatic heterocycles. The molecular weight excluding hydrogens is 386 g/mol. The van der Waals surface area contributed by atoms with Crippen LogP contribution in [-0.4, -0.2) is 46.5 Å². The van der Waals surface area contributed by atoms with Crippen molar-refractivity contribution >= 4 is 28.6 Å². The van der Waals surface area contributed by atoms with Crippen LogP contribution in [0, 0.1) is 0 Å². The number of rotatable bonds is 5. The lowest BCUT2D eigenvalue weighted by molar-refractivity contribution is 0.273. The van der Waals surface area contributed by atoms with Gasteiger partial charge in [0.2, 0.25) is 5.88 Å². The molecule has 3 aromatic rings. The molecule has 6 heteroatoms. The fourth-order valence-corrected chi connectivity index (χ4v) is 4.35. The minimum atomic E-state index is -0.309. The van der Waals surface area contributed by atoms with Gasteiger partial charge in [0, 0.05) is 23.0 Å². The number of likely N-dealkylation sites (tertiary alicyclic amines) is 1. The van der Waals surface area contributed by atoms with Gasteiger partial charge in [-0.05, 0) is 44.1 Å². The van der Waals surface area contributed by atoms with Gasteiger partial charge >= 0.3 is 0 Å². The Balaban J connectivity index is 1.82. The van der Waals surface area contributed by atoms with Crippen molar-refractivity contribution in [1.29, 1.82) is 0 Å². The van der Waals surface area contributed by atoms with Crippen LogP contribution in [0.25, 0.3) is 16.5 Å². The highest BCUT2D eigenvalue weighted by atomic mass is 35.5. The van der Waals surface area contributed by atoms with Gasteiger partial charge in [0.1, 0.15) is 0 Å². The number of nitrogens with zero attached hydrogens (tertiary/aromatic N) is 3. The fourth-order valence-electron chi connectivity index (χ4n) is 4.13. The number of para-hydroxylation sites is 1. The van der Waals surface area contributed by atoms with E-state index in [0.29, 0.717) is 39.6 Å². The van der Waals surface area contributed by atoms with E-state index in [9.17, 15) is 9.90 Å². The fraction of sp³-hybridized carbons (Fsp3) is 0.304. The highest BCUT2D eigenvalue weighted by Gasteiger charge is 2.22. The highest BCUT2D eigenvalue weighted by Crippen LogP contribution is 2.29. The second-order valence-electron chi connectivity index (χ2n) is 7.29. The van der Waals surface area contributed by atoms with E-state index < -0.39 is 0 Å². The van der Waals surface area contributed by atoms with Crippen molar-refractivity contribution in [2.24, 2.45) is 4.99 Å². The Hall–Kier alpha value is -2.63. The van der Waals surface area contributed by atoms with Crippen molar-refractivity contribution < 1.29 is 5.11 Å². The van der Waals surface area contributed by atoms with Gasteiger partial charge in [-0.3, -0.25) is 14.7 Å². The molecule has 1 aromatic heterocycles. The summed E-state index contributed by atoms with van der Waals surface area (Å²) >= 11 is 6.32. The minimum Gasteiger partial charge on any atom is -0.494 e. The van der Waals surface area contributed by atoms with Crippen LogP contribution in [0.5, 0.6) is 5.88 Å². The molecule has 1 atom stereocenters. The lowest BCUT2D eigenvalue weighted by Gasteiger charge is -2.20. The Labute approximate surface area is 174 Å². The smallest absolute Gasteiger partial charge is 0.265 e. The predicted octanol–water partition coefficient (Wildman–Crippen LogP) is 4.25. The maximum Gasteiger partial charge on any atom is 0.265 e. The average molecular weight is 410 g/mol. The SMILES string of the molecule is CCN1CCCC1CN=Cc1c(O)n(-c2ccccc2Cl)c(=O)c2ccccc12. The first-order chi connectivity index (χ1) is 14.1. The van der Waals surface area contributed by atoms with Crippen LogP contribution in [0.2, 0.25) is 5.02 Å². The van der Waals surface area contributed by atoms with Gasteiger partial charge in [-0.25, -0.2) is 4.57 Å². The molecule has 0 saturated carbocycles. The largest absolute Gasteiger partial charge is 0.494 e. The molecule has 2 heterocycles. The van der Waals surface area contributed by atoms with E-state index >= 15 is 0 Å². The Morgan fingerprint density at radius 3 is 2.66 bits per heavy atom. The third kappa shape index (κ3) is 3.68. The lowest BCUT2D eigenvalue weighted by Crippen LogP contribution is -2.31. The van der Waals surface area contributed by atoms with Crippen molar-refractivity contribution in [1.82, 2.24) is 9.47 Å². The Morgan fingerprint density at radius 2 is 1.90 bits per heavy atom. The lowest BCUT2D eigenvalue weighted by atomic mass is 10.1. The molecule has 5 nitrogen and oxygen atoms in total. The monoisotopic (exact) mass is 409 g/mol. The molecule has 0 spiro atoms. The third-order valence-electron chi connectivity index (χ3n) is 5.64. The summed E-state index contributed by atoms with van der Waals surface area (Å²) < 4.78 is 1.26.